The molecule has 16 heavy (non-hydrogen) atoms. The van der Waals surface area contributed by atoms with Crippen LogP contribution >= 0.6 is 0 Å². The lowest BCUT2D eigenvalue weighted by Crippen LogP contribution is -2.45. The van der Waals surface area contributed by atoms with Crippen molar-refractivity contribution in [3.8, 4) is 0 Å². The maximum Gasteiger partial charge on any atom is 0.410 e. The minimum atomic E-state index is -0.417. The lowest BCUT2D eigenvalue weighted by molar-refractivity contribution is 0.0127. The van der Waals surface area contributed by atoms with Gasteiger partial charge in [-0.25, -0.2) is 4.79 Å². The summed E-state index contributed by atoms with van der Waals surface area (Å²) in [4.78, 5) is 13.9. The van der Waals surface area contributed by atoms with Crippen LogP contribution in [0.25, 0.3) is 0 Å². The zero-order valence-electron chi connectivity index (χ0n) is 11.7. The Bertz CT molecular complexity index is 287. The quantitative estimate of drug-likeness (QED) is 0.634. The van der Waals surface area contributed by atoms with E-state index < -0.39 is 5.60 Å². The molecule has 0 saturated carbocycles. The highest BCUT2D eigenvalue weighted by Crippen LogP contribution is 2.41. The second kappa shape index (κ2) is 3.64. The Balaban J connectivity index is 2.78. The molecular weight excluding hydrogens is 202 g/mol. The Kier molecular flexibility index (Phi) is 3.03. The number of hydrogen-bond acceptors (Lipinski definition) is 2. The molecule has 94 valence electrons. The van der Waals surface area contributed by atoms with Crippen LogP contribution in [0.5, 0.6) is 0 Å². The third kappa shape index (κ3) is 3.13. The summed E-state index contributed by atoms with van der Waals surface area (Å²) in [5.41, 5.74) is -0.341. The number of likely N-dealkylation sites (tertiary alicyclic amines) is 1. The largest absolute Gasteiger partial charge is 0.444 e. The number of carbonyl (C=O) groups is 1. The number of amides is 1. The van der Waals surface area contributed by atoms with Crippen molar-refractivity contribution in [3.05, 3.63) is 0 Å². The Hall–Kier alpha value is -0.730. The maximum absolute atomic E-state index is 12.1. The van der Waals surface area contributed by atoms with Crippen LogP contribution in [0.2, 0.25) is 0 Å². The van der Waals surface area contributed by atoms with Crippen LogP contribution in [0.15, 0.2) is 0 Å². The van der Waals surface area contributed by atoms with E-state index in [1.807, 2.05) is 25.7 Å². The van der Waals surface area contributed by atoms with Gasteiger partial charge < -0.3 is 9.64 Å². The van der Waals surface area contributed by atoms with E-state index in [9.17, 15) is 4.79 Å². The monoisotopic (exact) mass is 227 g/mol. The van der Waals surface area contributed by atoms with Crippen molar-refractivity contribution in [1.82, 2.24) is 4.90 Å². The number of ether oxygens (including phenoxy) is 1. The Morgan fingerprint density at radius 2 is 1.69 bits per heavy atom. The van der Waals surface area contributed by atoms with Gasteiger partial charge >= 0.3 is 6.09 Å². The summed E-state index contributed by atoms with van der Waals surface area (Å²) in [6.45, 7) is 15.1. The van der Waals surface area contributed by atoms with Gasteiger partial charge in [0.05, 0.1) is 0 Å². The molecule has 3 nitrogen and oxygen atoms in total. The summed E-state index contributed by atoms with van der Waals surface area (Å²) < 4.78 is 5.44. The van der Waals surface area contributed by atoms with Crippen molar-refractivity contribution in [3.63, 3.8) is 0 Å². The van der Waals surface area contributed by atoms with Gasteiger partial charge in [-0.15, -0.1) is 0 Å². The summed E-state index contributed by atoms with van der Waals surface area (Å²) in [7, 11) is 0. The topological polar surface area (TPSA) is 29.5 Å². The van der Waals surface area contributed by atoms with Crippen LogP contribution in [0, 0.1) is 5.41 Å². The van der Waals surface area contributed by atoms with Crippen molar-refractivity contribution in [2.45, 2.75) is 66.0 Å². The second-order valence-electron chi connectivity index (χ2n) is 7.22. The summed E-state index contributed by atoms with van der Waals surface area (Å²) in [6, 6.07) is 0. The standard InChI is InChI=1S/C13H25NO2/c1-11(2,3)16-10(15)14-9-12(4,5)8-13(14,6)7/h8-9H2,1-7H3. The van der Waals surface area contributed by atoms with Gasteiger partial charge in [0.2, 0.25) is 0 Å². The average molecular weight is 227 g/mol. The Labute approximate surface area is 99.1 Å². The van der Waals surface area contributed by atoms with Gasteiger partial charge in [0.15, 0.2) is 0 Å². The number of carbonyl (C=O) groups excluding carboxylic acids is 1. The number of hydrogen-bond donors (Lipinski definition) is 0. The SMILES string of the molecule is CC1(C)CN(C(=O)OC(C)(C)C)C(C)(C)C1. The lowest BCUT2D eigenvalue weighted by Gasteiger charge is -2.33. The van der Waals surface area contributed by atoms with Crippen LogP contribution in [0.4, 0.5) is 4.79 Å². The highest BCUT2D eigenvalue weighted by atomic mass is 16.6. The normalized spacial score (nSPS) is 23.3. The maximum atomic E-state index is 12.1. The van der Waals surface area contributed by atoms with Crippen LogP contribution < -0.4 is 0 Å². The zero-order chi connectivity index (χ0) is 12.8. The molecule has 1 amide bonds. The summed E-state index contributed by atoms with van der Waals surface area (Å²) in [5, 5.41) is 0. The Morgan fingerprint density at radius 1 is 1.19 bits per heavy atom. The predicted molar refractivity (Wildman–Crippen MR) is 65.4 cm³/mol. The van der Waals surface area contributed by atoms with Crippen LogP contribution in [-0.2, 0) is 4.74 Å². The van der Waals surface area contributed by atoms with Crippen molar-refractivity contribution < 1.29 is 9.53 Å². The second-order valence-corrected chi connectivity index (χ2v) is 7.22. The molecule has 0 spiro atoms. The van der Waals surface area contributed by atoms with Gasteiger partial charge in [-0.05, 0) is 46.5 Å². The van der Waals surface area contributed by atoms with Crippen molar-refractivity contribution in [2.24, 2.45) is 5.41 Å². The van der Waals surface area contributed by atoms with E-state index in [4.69, 9.17) is 4.74 Å². The summed E-state index contributed by atoms with van der Waals surface area (Å²) in [5.74, 6) is 0. The van der Waals surface area contributed by atoms with Crippen LogP contribution in [0.1, 0.15) is 54.9 Å². The molecule has 0 bridgehead atoms. The van der Waals surface area contributed by atoms with E-state index >= 15 is 0 Å². The first-order chi connectivity index (χ1) is 6.93. The van der Waals surface area contributed by atoms with E-state index in [1.54, 1.807) is 0 Å². The molecule has 1 saturated heterocycles. The molecule has 1 heterocycles. The van der Waals surface area contributed by atoms with Crippen molar-refractivity contribution in [2.75, 3.05) is 6.54 Å². The molecule has 0 radical (unpaired) electrons. The van der Waals surface area contributed by atoms with Gasteiger partial charge in [0.25, 0.3) is 0 Å². The Morgan fingerprint density at radius 3 is 2.00 bits per heavy atom. The first-order valence-corrected chi connectivity index (χ1v) is 5.94. The first kappa shape index (κ1) is 13.3. The molecule has 1 aliphatic heterocycles. The van der Waals surface area contributed by atoms with Crippen molar-refractivity contribution >= 4 is 6.09 Å². The molecule has 0 aromatic rings. The fraction of sp³-hybridized carbons (Fsp3) is 0.923. The molecule has 0 unspecified atom stereocenters. The van der Waals surface area contributed by atoms with E-state index in [1.165, 1.54) is 0 Å². The molecule has 1 aliphatic rings. The van der Waals surface area contributed by atoms with Crippen LogP contribution in [0.3, 0.4) is 0 Å². The third-order valence-electron chi connectivity index (χ3n) is 2.84. The van der Waals surface area contributed by atoms with Gasteiger partial charge in [-0.3, -0.25) is 0 Å². The third-order valence-corrected chi connectivity index (χ3v) is 2.84. The highest BCUT2D eigenvalue weighted by Gasteiger charge is 2.46. The minimum Gasteiger partial charge on any atom is -0.444 e. The first-order valence-electron chi connectivity index (χ1n) is 5.94. The summed E-state index contributed by atoms with van der Waals surface area (Å²) >= 11 is 0. The molecular formula is C13H25NO2. The molecule has 3 heteroatoms. The molecule has 0 aromatic heterocycles. The number of nitrogens with zero attached hydrogens (tertiary/aromatic N) is 1. The van der Waals surface area contributed by atoms with E-state index in [-0.39, 0.29) is 17.0 Å². The van der Waals surface area contributed by atoms with E-state index in [0.717, 1.165) is 13.0 Å². The van der Waals surface area contributed by atoms with Crippen molar-refractivity contribution in [1.29, 1.82) is 0 Å². The lowest BCUT2D eigenvalue weighted by atomic mass is 9.86. The van der Waals surface area contributed by atoms with E-state index in [0.29, 0.717) is 0 Å². The molecule has 0 aliphatic carbocycles. The van der Waals surface area contributed by atoms with Gasteiger partial charge in [0, 0.05) is 12.1 Å². The fourth-order valence-corrected chi connectivity index (χ4v) is 2.59. The minimum absolute atomic E-state index is 0.105. The predicted octanol–water partition coefficient (Wildman–Crippen LogP) is 3.43. The fourth-order valence-electron chi connectivity index (χ4n) is 2.59. The van der Waals surface area contributed by atoms with Gasteiger partial charge in [-0.2, -0.15) is 0 Å². The summed E-state index contributed by atoms with van der Waals surface area (Å²) in [6.07, 6.45) is 0.822. The smallest absolute Gasteiger partial charge is 0.410 e. The van der Waals surface area contributed by atoms with Gasteiger partial charge in [0.1, 0.15) is 5.60 Å². The molecule has 1 fully saturated rings. The van der Waals surface area contributed by atoms with E-state index in [2.05, 4.69) is 27.7 Å². The van der Waals surface area contributed by atoms with Gasteiger partial charge in [-0.1, -0.05) is 13.8 Å². The highest BCUT2D eigenvalue weighted by molar-refractivity contribution is 5.69. The van der Waals surface area contributed by atoms with Crippen LogP contribution in [-0.4, -0.2) is 28.7 Å². The number of rotatable bonds is 0. The molecule has 0 aromatic carbocycles. The average Bonchev–Trinajstić information content (AvgIpc) is 2.14. The molecule has 0 N–H and O–H groups in total. The zero-order valence-corrected chi connectivity index (χ0v) is 11.7. The molecule has 0 atom stereocenters. The molecule has 1 rings (SSSR count).